The molecule has 0 amide bonds. The molecule has 3 heteroatoms. The number of nitrogens with zero attached hydrogens (tertiary/aromatic N) is 1. The van der Waals surface area contributed by atoms with Crippen LogP contribution in [0, 0.1) is 23.7 Å². The van der Waals surface area contributed by atoms with Crippen molar-refractivity contribution in [2.24, 2.45) is 0 Å². The maximum absolute atomic E-state index is 8.63. The van der Waals surface area contributed by atoms with Crippen molar-refractivity contribution in [2.75, 3.05) is 12.3 Å². The largest absolute Gasteiger partial charge is 0.491 e. The Labute approximate surface area is 89.5 Å². The molecule has 0 radical (unpaired) electrons. The van der Waals surface area contributed by atoms with E-state index in [9.17, 15) is 0 Å². The van der Waals surface area contributed by atoms with Gasteiger partial charge in [-0.2, -0.15) is 5.26 Å². The minimum atomic E-state index is 0.481. The number of nitrogens with two attached hydrogens (primary N) is 1. The molecule has 1 aromatic carbocycles. The van der Waals surface area contributed by atoms with Crippen molar-refractivity contribution >= 4 is 5.69 Å². The van der Waals surface area contributed by atoms with Crippen molar-refractivity contribution in [2.45, 2.75) is 12.8 Å². The van der Waals surface area contributed by atoms with Gasteiger partial charge in [0.1, 0.15) is 5.75 Å². The summed E-state index contributed by atoms with van der Waals surface area (Å²) in [6, 6.07) is 6.97. The van der Waals surface area contributed by atoms with Crippen LogP contribution in [0.1, 0.15) is 18.4 Å². The Hall–Kier alpha value is -2.13. The van der Waals surface area contributed by atoms with Crippen LogP contribution in [-0.4, -0.2) is 6.61 Å². The Morgan fingerprint density at radius 2 is 2.27 bits per heavy atom. The molecule has 0 aliphatic carbocycles. The van der Waals surface area contributed by atoms with Crippen molar-refractivity contribution in [3.8, 4) is 24.2 Å². The molecule has 0 aliphatic heterocycles. The molecule has 0 spiro atoms. The summed E-state index contributed by atoms with van der Waals surface area (Å²) < 4.78 is 5.41. The first-order valence-electron chi connectivity index (χ1n) is 4.64. The first kappa shape index (κ1) is 10.9. The third kappa shape index (κ3) is 3.25. The predicted molar refractivity (Wildman–Crippen MR) is 59.1 cm³/mol. The van der Waals surface area contributed by atoms with Crippen LogP contribution in [0.15, 0.2) is 18.2 Å². The molecule has 0 aliphatic rings. The summed E-state index contributed by atoms with van der Waals surface area (Å²) in [5.74, 6) is 3.14. The van der Waals surface area contributed by atoms with Gasteiger partial charge in [-0.15, -0.1) is 12.3 Å². The van der Waals surface area contributed by atoms with Crippen molar-refractivity contribution in [1.29, 1.82) is 5.26 Å². The summed E-state index contributed by atoms with van der Waals surface area (Å²) in [7, 11) is 0. The third-order valence-corrected chi connectivity index (χ3v) is 1.86. The van der Waals surface area contributed by atoms with Crippen LogP contribution in [0.25, 0.3) is 0 Å². The highest BCUT2D eigenvalue weighted by Crippen LogP contribution is 2.22. The van der Waals surface area contributed by atoms with E-state index in [1.165, 1.54) is 0 Å². The number of hydrogen-bond donors (Lipinski definition) is 1. The minimum Gasteiger partial charge on any atom is -0.491 e. The smallest absolute Gasteiger partial charge is 0.142 e. The van der Waals surface area contributed by atoms with Crippen LogP contribution in [0.2, 0.25) is 0 Å². The standard InChI is InChI=1S/C12H12N2O/c1-2-3-4-7-15-12-6-5-10(9-13)8-11(12)14/h1,5-6,8H,3-4,7,14H2. The molecule has 1 rings (SSSR count). The maximum atomic E-state index is 8.63. The highest BCUT2D eigenvalue weighted by Gasteiger charge is 2.00. The van der Waals surface area contributed by atoms with Crippen LogP contribution in [0.5, 0.6) is 5.75 Å². The van der Waals surface area contributed by atoms with E-state index in [0.29, 0.717) is 30.0 Å². The second-order valence-corrected chi connectivity index (χ2v) is 3.02. The van der Waals surface area contributed by atoms with Crippen LogP contribution in [0.3, 0.4) is 0 Å². The molecule has 0 fully saturated rings. The normalized spacial score (nSPS) is 8.93. The van der Waals surface area contributed by atoms with E-state index in [4.69, 9.17) is 22.2 Å². The number of anilines is 1. The Balaban J connectivity index is 2.56. The molecule has 3 nitrogen and oxygen atoms in total. The van der Waals surface area contributed by atoms with E-state index in [2.05, 4.69) is 5.92 Å². The quantitative estimate of drug-likeness (QED) is 0.459. The van der Waals surface area contributed by atoms with Gasteiger partial charge in [0.25, 0.3) is 0 Å². The zero-order chi connectivity index (χ0) is 11.1. The zero-order valence-electron chi connectivity index (χ0n) is 8.36. The second-order valence-electron chi connectivity index (χ2n) is 3.02. The van der Waals surface area contributed by atoms with Crippen molar-refractivity contribution in [1.82, 2.24) is 0 Å². The summed E-state index contributed by atoms with van der Waals surface area (Å²) in [5, 5.41) is 8.63. The number of terminal acetylenes is 1. The van der Waals surface area contributed by atoms with E-state index in [1.54, 1.807) is 18.2 Å². The van der Waals surface area contributed by atoms with Crippen LogP contribution in [0.4, 0.5) is 5.69 Å². The number of ether oxygens (including phenoxy) is 1. The Bertz CT molecular complexity index is 413. The van der Waals surface area contributed by atoms with Gasteiger partial charge in [-0.1, -0.05) is 0 Å². The van der Waals surface area contributed by atoms with Gasteiger partial charge in [-0.05, 0) is 24.6 Å². The lowest BCUT2D eigenvalue weighted by molar-refractivity contribution is 0.314. The molecule has 0 atom stereocenters. The molecule has 0 bridgehead atoms. The fourth-order valence-corrected chi connectivity index (χ4v) is 1.11. The molecule has 0 aromatic heterocycles. The first-order valence-corrected chi connectivity index (χ1v) is 4.64. The van der Waals surface area contributed by atoms with Crippen LogP contribution >= 0.6 is 0 Å². The number of rotatable bonds is 4. The van der Waals surface area contributed by atoms with Gasteiger partial charge in [0.2, 0.25) is 0 Å². The van der Waals surface area contributed by atoms with E-state index in [-0.39, 0.29) is 0 Å². The average Bonchev–Trinajstić information content (AvgIpc) is 2.26. The topological polar surface area (TPSA) is 59.0 Å². The molecule has 76 valence electrons. The molecular formula is C12H12N2O. The average molecular weight is 200 g/mol. The summed E-state index contributed by atoms with van der Waals surface area (Å²) in [5.41, 5.74) is 6.71. The van der Waals surface area contributed by atoms with Gasteiger partial charge in [-0.25, -0.2) is 0 Å². The van der Waals surface area contributed by atoms with Crippen molar-refractivity contribution in [3.63, 3.8) is 0 Å². The Morgan fingerprint density at radius 3 is 2.87 bits per heavy atom. The van der Waals surface area contributed by atoms with E-state index >= 15 is 0 Å². The number of unbranched alkanes of at least 4 members (excludes halogenated alkanes) is 1. The summed E-state index contributed by atoms with van der Waals surface area (Å²) in [6.45, 7) is 0.542. The number of benzene rings is 1. The molecule has 0 saturated heterocycles. The van der Waals surface area contributed by atoms with Crippen molar-refractivity contribution in [3.05, 3.63) is 23.8 Å². The van der Waals surface area contributed by atoms with Gasteiger partial charge in [0.05, 0.1) is 23.9 Å². The second kappa shape index (κ2) is 5.57. The lowest BCUT2D eigenvalue weighted by Gasteiger charge is -2.07. The van der Waals surface area contributed by atoms with Gasteiger partial charge in [-0.3, -0.25) is 0 Å². The molecule has 15 heavy (non-hydrogen) atoms. The number of hydrogen-bond acceptors (Lipinski definition) is 3. The molecule has 0 heterocycles. The van der Waals surface area contributed by atoms with Crippen LogP contribution in [-0.2, 0) is 0 Å². The Morgan fingerprint density at radius 1 is 1.47 bits per heavy atom. The highest BCUT2D eigenvalue weighted by atomic mass is 16.5. The summed E-state index contributed by atoms with van der Waals surface area (Å²) in [6.07, 6.45) is 6.60. The lowest BCUT2D eigenvalue weighted by Crippen LogP contribution is -2.00. The molecule has 0 saturated carbocycles. The monoisotopic (exact) mass is 200 g/mol. The summed E-state index contributed by atoms with van der Waals surface area (Å²) in [4.78, 5) is 0. The van der Waals surface area contributed by atoms with Gasteiger partial charge in [0.15, 0.2) is 0 Å². The van der Waals surface area contributed by atoms with Crippen LogP contribution < -0.4 is 10.5 Å². The van der Waals surface area contributed by atoms with Gasteiger partial charge < -0.3 is 10.5 Å². The maximum Gasteiger partial charge on any atom is 0.142 e. The SMILES string of the molecule is C#CCCCOc1ccc(C#N)cc1N. The lowest BCUT2D eigenvalue weighted by atomic mass is 10.2. The zero-order valence-corrected chi connectivity index (χ0v) is 8.36. The summed E-state index contributed by atoms with van der Waals surface area (Å²) >= 11 is 0. The third-order valence-electron chi connectivity index (χ3n) is 1.86. The fourth-order valence-electron chi connectivity index (χ4n) is 1.11. The molecule has 2 N–H and O–H groups in total. The molecule has 1 aromatic rings. The number of nitrogen functional groups attached to an aromatic ring is 1. The van der Waals surface area contributed by atoms with E-state index in [1.807, 2.05) is 6.07 Å². The van der Waals surface area contributed by atoms with E-state index in [0.717, 1.165) is 6.42 Å². The Kier molecular flexibility index (Phi) is 4.06. The highest BCUT2D eigenvalue weighted by molar-refractivity contribution is 5.56. The fraction of sp³-hybridized carbons (Fsp3) is 0.250. The number of nitriles is 1. The van der Waals surface area contributed by atoms with E-state index < -0.39 is 0 Å². The van der Waals surface area contributed by atoms with Gasteiger partial charge in [0, 0.05) is 6.42 Å². The van der Waals surface area contributed by atoms with Gasteiger partial charge >= 0.3 is 0 Å². The molecule has 0 unspecified atom stereocenters. The minimum absolute atomic E-state index is 0.481. The first-order chi connectivity index (χ1) is 7.27. The predicted octanol–water partition coefficient (Wildman–Crippen LogP) is 1.93. The molecular weight excluding hydrogens is 188 g/mol. The van der Waals surface area contributed by atoms with Crippen molar-refractivity contribution < 1.29 is 4.74 Å².